The normalized spacial score (nSPS) is 22.6. The van der Waals surface area contributed by atoms with Gasteiger partial charge in [0, 0.05) is 13.1 Å². The van der Waals surface area contributed by atoms with E-state index in [-0.39, 0.29) is 36.8 Å². The first kappa shape index (κ1) is 38.5. The highest BCUT2D eigenvalue weighted by atomic mass is 16.2. The Bertz CT molecular complexity index is 1520. The number of rotatable bonds is 12. The van der Waals surface area contributed by atoms with Crippen molar-refractivity contribution in [2.24, 2.45) is 28.1 Å². The maximum atomic E-state index is 14.4. The Kier molecular flexibility index (Phi) is 10.9. The molecule has 3 aliphatic rings. The number of nitrogens with zero attached hydrogens (tertiary/aromatic N) is 2. The van der Waals surface area contributed by atoms with Crippen LogP contribution in [0, 0.1) is 28.1 Å². The van der Waals surface area contributed by atoms with Gasteiger partial charge in [-0.2, -0.15) is 0 Å². The van der Waals surface area contributed by atoms with Gasteiger partial charge in [-0.25, -0.2) is 4.79 Å². The Labute approximate surface area is 295 Å². The Morgan fingerprint density at radius 3 is 1.96 bits per heavy atom. The number of amides is 7. The highest BCUT2D eigenvalue weighted by Gasteiger charge is 2.70. The summed E-state index contributed by atoms with van der Waals surface area (Å²) in [6.45, 7) is 19.2. The van der Waals surface area contributed by atoms with Crippen molar-refractivity contribution in [3.8, 4) is 0 Å². The molecular weight excluding hydrogens is 640 g/mol. The molecule has 1 aromatic carbocycles. The van der Waals surface area contributed by atoms with Crippen LogP contribution in [0.2, 0.25) is 0 Å². The van der Waals surface area contributed by atoms with Crippen LogP contribution in [0.25, 0.3) is 0 Å². The summed E-state index contributed by atoms with van der Waals surface area (Å²) in [6, 6.07) is 2.28. The zero-order valence-electron chi connectivity index (χ0n) is 31.1. The molecule has 2 aliphatic heterocycles. The number of likely N-dealkylation sites (N-methyl/N-ethyl adjacent to an activating group) is 1. The molecule has 7 amide bonds. The van der Waals surface area contributed by atoms with E-state index in [1.54, 1.807) is 31.2 Å². The quantitative estimate of drug-likeness (QED) is 0.192. The Morgan fingerprint density at radius 1 is 0.880 bits per heavy atom. The maximum absolute atomic E-state index is 14.4. The van der Waals surface area contributed by atoms with Crippen LogP contribution in [-0.4, -0.2) is 95.0 Å². The molecule has 4 rings (SSSR count). The number of benzene rings is 1. The highest BCUT2D eigenvalue weighted by Crippen LogP contribution is 2.65. The van der Waals surface area contributed by atoms with E-state index in [1.807, 2.05) is 62.3 Å². The fraction of sp³-hybridized carbons (Fsp3) is 0.649. The van der Waals surface area contributed by atoms with Gasteiger partial charge in [0.1, 0.15) is 12.1 Å². The van der Waals surface area contributed by atoms with Crippen LogP contribution in [-0.2, 0) is 19.2 Å². The fourth-order valence-electron chi connectivity index (χ4n) is 7.30. The number of urea groups is 1. The molecule has 50 heavy (non-hydrogen) atoms. The van der Waals surface area contributed by atoms with Crippen LogP contribution in [0.15, 0.2) is 24.3 Å². The minimum absolute atomic E-state index is 0.0466. The van der Waals surface area contributed by atoms with Crippen molar-refractivity contribution < 1.29 is 33.6 Å². The number of carbonyl (C=O) groups is 7. The lowest BCUT2D eigenvalue weighted by atomic mass is 9.85. The summed E-state index contributed by atoms with van der Waals surface area (Å²) in [6.07, 6.45) is 0.816. The van der Waals surface area contributed by atoms with Gasteiger partial charge in [-0.1, -0.05) is 80.9 Å². The summed E-state index contributed by atoms with van der Waals surface area (Å²) in [4.78, 5) is 96.2. The number of ketones is 1. The molecule has 2 heterocycles. The summed E-state index contributed by atoms with van der Waals surface area (Å²) < 4.78 is 0. The van der Waals surface area contributed by atoms with Crippen LogP contribution >= 0.6 is 0 Å². The minimum Gasteiger partial charge on any atom is -0.350 e. The zero-order valence-corrected chi connectivity index (χ0v) is 31.1. The lowest BCUT2D eigenvalue weighted by Gasteiger charge is -2.39. The number of piperidine rings is 1. The van der Waals surface area contributed by atoms with Gasteiger partial charge in [0.2, 0.25) is 17.6 Å². The van der Waals surface area contributed by atoms with Crippen molar-refractivity contribution >= 4 is 41.4 Å². The third-order valence-corrected chi connectivity index (χ3v) is 10.5. The van der Waals surface area contributed by atoms with E-state index in [0.717, 1.165) is 4.90 Å². The van der Waals surface area contributed by atoms with Gasteiger partial charge in [0.05, 0.1) is 29.8 Å². The molecular formula is C37H54N6O7. The van der Waals surface area contributed by atoms with Crippen molar-refractivity contribution in [1.29, 1.82) is 0 Å². The van der Waals surface area contributed by atoms with Crippen molar-refractivity contribution in [2.75, 3.05) is 19.6 Å². The SMILES string of the molecule is CCCC(NC(=O)[C@@H]1[C@@H]2[C@H](CN1C(=O)[C@@H](NC(=O)N[C@H](CN1C(=O)c3ccccc3C1=O)C(C)(C)C)C(C)(C)C)C2(C)C)C(=O)C(=O)NCC. The van der Waals surface area contributed by atoms with Crippen LogP contribution in [0.4, 0.5) is 4.79 Å². The number of likely N-dealkylation sites (tertiary alicyclic amines) is 1. The standard InChI is InChI=1S/C37H54N6O7/c1-11-15-23(27(44)30(46)38-12-2)39-29(45)26-25-22(37(25,9)10)18-42(26)33(49)28(36(6,7)8)41-34(50)40-24(35(3,4)5)19-43-31(47)20-16-13-14-17-21(20)32(43)48/h13-14,16-17,22-26,28H,11-12,15,18-19H2,1-10H3,(H,38,46)(H,39,45)(H2,40,41,50)/t22-,23?,24+,25-,26-,28+/m0/s1. The Morgan fingerprint density at radius 2 is 1.46 bits per heavy atom. The first-order valence-corrected chi connectivity index (χ1v) is 17.6. The molecule has 2 fully saturated rings. The molecule has 0 spiro atoms. The highest BCUT2D eigenvalue weighted by molar-refractivity contribution is 6.38. The minimum atomic E-state index is -1.05. The van der Waals surface area contributed by atoms with Crippen molar-refractivity contribution in [3.63, 3.8) is 0 Å². The smallest absolute Gasteiger partial charge is 0.315 e. The van der Waals surface area contributed by atoms with Gasteiger partial charge in [-0.3, -0.25) is 33.7 Å². The van der Waals surface area contributed by atoms with E-state index < -0.39 is 76.3 Å². The summed E-state index contributed by atoms with van der Waals surface area (Å²) >= 11 is 0. The van der Waals surface area contributed by atoms with E-state index in [2.05, 4.69) is 21.3 Å². The average Bonchev–Trinajstić information content (AvgIpc) is 3.29. The van der Waals surface area contributed by atoms with Gasteiger partial charge in [-0.05, 0) is 53.6 Å². The molecule has 1 unspecified atom stereocenters. The van der Waals surface area contributed by atoms with Gasteiger partial charge >= 0.3 is 6.03 Å². The van der Waals surface area contributed by atoms with Gasteiger partial charge in [0.15, 0.2) is 0 Å². The summed E-state index contributed by atoms with van der Waals surface area (Å²) in [5.41, 5.74) is -0.953. The number of carbonyl (C=O) groups excluding carboxylic acids is 7. The second-order valence-corrected chi connectivity index (χ2v) is 16.6. The van der Waals surface area contributed by atoms with E-state index in [1.165, 1.54) is 4.90 Å². The molecule has 1 saturated carbocycles. The summed E-state index contributed by atoms with van der Waals surface area (Å²) in [5, 5.41) is 11.1. The molecule has 4 N–H and O–H groups in total. The van der Waals surface area contributed by atoms with Crippen LogP contribution in [0.3, 0.4) is 0 Å². The predicted molar refractivity (Wildman–Crippen MR) is 187 cm³/mol. The van der Waals surface area contributed by atoms with Crippen molar-refractivity contribution in [2.45, 2.75) is 106 Å². The molecule has 13 heteroatoms. The molecule has 0 radical (unpaired) electrons. The van der Waals surface area contributed by atoms with Crippen molar-refractivity contribution in [1.82, 2.24) is 31.1 Å². The molecule has 1 aliphatic carbocycles. The van der Waals surface area contributed by atoms with E-state index in [9.17, 15) is 33.6 Å². The fourth-order valence-corrected chi connectivity index (χ4v) is 7.30. The van der Waals surface area contributed by atoms with Gasteiger partial charge in [0.25, 0.3) is 17.7 Å². The lowest BCUT2D eigenvalue weighted by Crippen LogP contribution is -2.62. The average molecular weight is 695 g/mol. The number of imide groups is 1. The van der Waals surface area contributed by atoms with Gasteiger partial charge in [-0.15, -0.1) is 0 Å². The van der Waals surface area contributed by atoms with Crippen LogP contribution in [0.1, 0.15) is 103 Å². The number of Topliss-reactive ketones (excluding diaryl/α,β-unsaturated/α-hetero) is 1. The maximum Gasteiger partial charge on any atom is 0.315 e. The first-order valence-electron chi connectivity index (χ1n) is 17.6. The zero-order chi connectivity index (χ0) is 37.5. The Balaban J connectivity index is 1.53. The molecule has 0 bridgehead atoms. The topological polar surface area (TPSA) is 174 Å². The number of hydrogen-bond acceptors (Lipinski definition) is 7. The van der Waals surface area contributed by atoms with Crippen molar-refractivity contribution in [3.05, 3.63) is 35.4 Å². The van der Waals surface area contributed by atoms with E-state index in [4.69, 9.17) is 0 Å². The monoisotopic (exact) mass is 694 g/mol. The second-order valence-electron chi connectivity index (χ2n) is 16.6. The summed E-state index contributed by atoms with van der Waals surface area (Å²) in [5.74, 6) is -3.42. The molecule has 1 aromatic rings. The molecule has 6 atom stereocenters. The number of nitrogens with one attached hydrogen (secondary N) is 4. The lowest BCUT2D eigenvalue weighted by molar-refractivity contribution is -0.145. The predicted octanol–water partition coefficient (Wildman–Crippen LogP) is 2.88. The molecule has 1 saturated heterocycles. The molecule has 13 nitrogen and oxygen atoms in total. The van der Waals surface area contributed by atoms with Gasteiger partial charge < -0.3 is 26.2 Å². The van der Waals surface area contributed by atoms with E-state index in [0.29, 0.717) is 24.1 Å². The number of fused-ring (bicyclic) bond motifs is 2. The Hall–Kier alpha value is -4.29. The van der Waals surface area contributed by atoms with Crippen LogP contribution in [0.5, 0.6) is 0 Å². The summed E-state index contributed by atoms with van der Waals surface area (Å²) in [7, 11) is 0. The van der Waals surface area contributed by atoms with E-state index >= 15 is 0 Å². The second kappa shape index (κ2) is 14.1. The largest absolute Gasteiger partial charge is 0.350 e. The first-order chi connectivity index (χ1) is 23.2. The third kappa shape index (κ3) is 7.56. The third-order valence-electron chi connectivity index (χ3n) is 10.5. The molecule has 0 aromatic heterocycles. The molecule has 274 valence electrons. The van der Waals surface area contributed by atoms with Crippen LogP contribution < -0.4 is 21.3 Å². The number of hydrogen-bond donors (Lipinski definition) is 4.